The molecule has 144 valence electrons. The Hall–Kier alpha value is -3.75. The lowest BCUT2D eigenvalue weighted by molar-refractivity contribution is -0.393. The number of hydrogen-bond donors (Lipinski definition) is 1. The summed E-state index contributed by atoms with van der Waals surface area (Å²) in [7, 11) is 0. The summed E-state index contributed by atoms with van der Waals surface area (Å²) in [4.78, 5) is 20.6. The summed E-state index contributed by atoms with van der Waals surface area (Å²) in [6, 6.07) is 8.95. The molecular formula is C19H18N4O5. The predicted octanol–water partition coefficient (Wildman–Crippen LogP) is 4.52. The number of benzene rings is 2. The standard InChI is InChI=1S/C19H18N4O5/c1-12(13-4-7-18-14(10-13)8-9-19(2,3)28-18)20-21-16-6-5-15(22(24)25)11-17(16)23(26)27/h4-11,21H,1-3H3. The molecule has 1 heterocycles. The van der Waals surface area contributed by atoms with Gasteiger partial charge in [0.2, 0.25) is 0 Å². The van der Waals surface area contributed by atoms with Crippen LogP contribution in [-0.2, 0) is 0 Å². The molecular weight excluding hydrogens is 364 g/mol. The molecule has 0 fully saturated rings. The topological polar surface area (TPSA) is 120 Å². The number of nitro benzene ring substituents is 2. The Kier molecular flexibility index (Phi) is 4.83. The van der Waals surface area contributed by atoms with Crippen molar-refractivity contribution in [3.63, 3.8) is 0 Å². The molecule has 0 saturated carbocycles. The Balaban J connectivity index is 1.86. The summed E-state index contributed by atoms with van der Waals surface area (Å²) in [5.74, 6) is 0.767. The van der Waals surface area contributed by atoms with Crippen molar-refractivity contribution in [2.24, 2.45) is 5.10 Å². The van der Waals surface area contributed by atoms with Gasteiger partial charge in [0.05, 0.1) is 21.6 Å². The molecule has 2 aromatic rings. The van der Waals surface area contributed by atoms with E-state index in [9.17, 15) is 20.2 Å². The van der Waals surface area contributed by atoms with Crippen molar-refractivity contribution in [3.8, 4) is 5.75 Å². The zero-order chi connectivity index (χ0) is 20.5. The third kappa shape index (κ3) is 3.98. The molecule has 0 unspecified atom stereocenters. The molecule has 0 aliphatic carbocycles. The lowest BCUT2D eigenvalue weighted by Gasteiger charge is -2.28. The molecule has 0 atom stereocenters. The van der Waals surface area contributed by atoms with Crippen molar-refractivity contribution < 1.29 is 14.6 Å². The number of rotatable bonds is 5. The van der Waals surface area contributed by atoms with E-state index >= 15 is 0 Å². The van der Waals surface area contributed by atoms with E-state index in [-0.39, 0.29) is 17.0 Å². The minimum Gasteiger partial charge on any atom is -0.483 e. The fraction of sp³-hybridized carbons (Fsp3) is 0.211. The van der Waals surface area contributed by atoms with Crippen LogP contribution in [0.2, 0.25) is 0 Å². The van der Waals surface area contributed by atoms with Gasteiger partial charge in [0, 0.05) is 11.6 Å². The predicted molar refractivity (Wildman–Crippen MR) is 106 cm³/mol. The largest absolute Gasteiger partial charge is 0.483 e. The van der Waals surface area contributed by atoms with Crippen LogP contribution >= 0.6 is 0 Å². The van der Waals surface area contributed by atoms with Gasteiger partial charge in [-0.05, 0) is 56.7 Å². The average Bonchev–Trinajstić information content (AvgIpc) is 2.64. The highest BCUT2D eigenvalue weighted by Crippen LogP contribution is 2.32. The number of nitrogens with one attached hydrogen (secondary N) is 1. The van der Waals surface area contributed by atoms with Crippen LogP contribution in [0.15, 0.2) is 47.6 Å². The first-order valence-corrected chi connectivity index (χ1v) is 8.42. The highest BCUT2D eigenvalue weighted by Gasteiger charge is 2.22. The summed E-state index contributed by atoms with van der Waals surface area (Å²) in [5.41, 5.74) is 3.86. The van der Waals surface area contributed by atoms with E-state index in [1.807, 2.05) is 44.2 Å². The third-order valence-electron chi connectivity index (χ3n) is 4.20. The summed E-state index contributed by atoms with van der Waals surface area (Å²) in [6.07, 6.45) is 3.94. The van der Waals surface area contributed by atoms with Crippen molar-refractivity contribution in [2.45, 2.75) is 26.4 Å². The molecule has 1 aliphatic rings. The van der Waals surface area contributed by atoms with Gasteiger partial charge < -0.3 is 4.74 Å². The van der Waals surface area contributed by atoms with Crippen molar-refractivity contribution in [2.75, 3.05) is 5.43 Å². The monoisotopic (exact) mass is 382 g/mol. The van der Waals surface area contributed by atoms with E-state index < -0.39 is 15.5 Å². The number of nitro groups is 2. The second-order valence-corrected chi connectivity index (χ2v) is 6.82. The number of hydrogen-bond acceptors (Lipinski definition) is 7. The minimum atomic E-state index is -0.692. The maximum atomic E-state index is 11.2. The van der Waals surface area contributed by atoms with Gasteiger partial charge in [-0.3, -0.25) is 25.7 Å². The Morgan fingerprint density at radius 2 is 1.86 bits per heavy atom. The normalized spacial score (nSPS) is 14.8. The molecule has 0 aromatic heterocycles. The molecule has 0 saturated heterocycles. The number of non-ortho nitro benzene ring substituents is 1. The van der Waals surface area contributed by atoms with Gasteiger partial charge in [0.1, 0.15) is 17.0 Å². The first-order chi connectivity index (χ1) is 13.2. The zero-order valence-electron chi connectivity index (χ0n) is 15.5. The van der Waals surface area contributed by atoms with E-state index in [1.165, 1.54) is 12.1 Å². The van der Waals surface area contributed by atoms with Gasteiger partial charge >= 0.3 is 5.69 Å². The highest BCUT2D eigenvalue weighted by molar-refractivity contribution is 6.00. The van der Waals surface area contributed by atoms with E-state index in [2.05, 4.69) is 10.5 Å². The molecule has 0 radical (unpaired) electrons. The second kappa shape index (κ2) is 7.10. The maximum Gasteiger partial charge on any atom is 0.301 e. The second-order valence-electron chi connectivity index (χ2n) is 6.82. The quantitative estimate of drug-likeness (QED) is 0.461. The molecule has 0 bridgehead atoms. The smallest absolute Gasteiger partial charge is 0.301 e. The number of hydrazone groups is 1. The van der Waals surface area contributed by atoms with Crippen molar-refractivity contribution in [3.05, 3.63) is 73.8 Å². The molecule has 0 spiro atoms. The van der Waals surface area contributed by atoms with Gasteiger partial charge in [0.15, 0.2) is 0 Å². The first kappa shape index (κ1) is 19.0. The van der Waals surface area contributed by atoms with Crippen molar-refractivity contribution in [1.82, 2.24) is 0 Å². The summed E-state index contributed by atoms with van der Waals surface area (Å²) in [5, 5.41) is 26.2. The molecule has 1 aliphatic heterocycles. The van der Waals surface area contributed by atoms with Gasteiger partial charge in [-0.2, -0.15) is 5.10 Å². The van der Waals surface area contributed by atoms with Crippen LogP contribution in [0.3, 0.4) is 0 Å². The fourth-order valence-corrected chi connectivity index (χ4v) is 2.69. The summed E-state index contributed by atoms with van der Waals surface area (Å²) in [6.45, 7) is 5.69. The highest BCUT2D eigenvalue weighted by atomic mass is 16.6. The third-order valence-corrected chi connectivity index (χ3v) is 4.20. The van der Waals surface area contributed by atoms with E-state index in [0.29, 0.717) is 5.71 Å². The van der Waals surface area contributed by atoms with E-state index in [1.54, 1.807) is 6.92 Å². The Labute approximate surface area is 160 Å². The molecule has 3 rings (SSSR count). The van der Waals surface area contributed by atoms with Crippen LogP contribution in [0, 0.1) is 20.2 Å². The SMILES string of the molecule is CC(=NNc1ccc([N+](=O)[O-])cc1[N+](=O)[O-])c1ccc2c(c1)C=CC(C)(C)O2. The fourth-order valence-electron chi connectivity index (χ4n) is 2.69. The summed E-state index contributed by atoms with van der Waals surface area (Å²) >= 11 is 0. The Morgan fingerprint density at radius 3 is 2.54 bits per heavy atom. The van der Waals surface area contributed by atoms with Crippen LogP contribution in [0.5, 0.6) is 5.75 Å². The number of fused-ring (bicyclic) bond motifs is 1. The van der Waals surface area contributed by atoms with Crippen LogP contribution in [0.4, 0.5) is 17.1 Å². The Morgan fingerprint density at radius 1 is 1.11 bits per heavy atom. The number of nitrogens with zero attached hydrogens (tertiary/aromatic N) is 3. The van der Waals surface area contributed by atoms with Gasteiger partial charge in [0.25, 0.3) is 5.69 Å². The van der Waals surface area contributed by atoms with Crippen LogP contribution in [0.25, 0.3) is 6.08 Å². The average molecular weight is 382 g/mol. The first-order valence-electron chi connectivity index (χ1n) is 8.42. The van der Waals surface area contributed by atoms with Gasteiger partial charge in [-0.25, -0.2) is 0 Å². The lowest BCUT2D eigenvalue weighted by Crippen LogP contribution is -2.27. The van der Waals surface area contributed by atoms with Crippen LogP contribution < -0.4 is 10.2 Å². The zero-order valence-corrected chi connectivity index (χ0v) is 15.5. The maximum absolute atomic E-state index is 11.2. The molecule has 9 heteroatoms. The molecule has 2 aromatic carbocycles. The molecule has 9 nitrogen and oxygen atoms in total. The summed E-state index contributed by atoms with van der Waals surface area (Å²) < 4.78 is 5.88. The van der Waals surface area contributed by atoms with E-state index in [4.69, 9.17) is 4.74 Å². The van der Waals surface area contributed by atoms with Crippen molar-refractivity contribution in [1.29, 1.82) is 0 Å². The Bertz CT molecular complexity index is 1030. The lowest BCUT2D eigenvalue weighted by atomic mass is 10.00. The minimum absolute atomic E-state index is 0.0675. The number of anilines is 1. The van der Waals surface area contributed by atoms with Gasteiger partial charge in [-0.15, -0.1) is 0 Å². The van der Waals surface area contributed by atoms with Gasteiger partial charge in [-0.1, -0.05) is 6.08 Å². The molecule has 28 heavy (non-hydrogen) atoms. The molecule has 0 amide bonds. The molecule has 1 N–H and O–H groups in total. The van der Waals surface area contributed by atoms with E-state index in [0.717, 1.165) is 22.9 Å². The van der Waals surface area contributed by atoms with Crippen molar-refractivity contribution >= 4 is 28.8 Å². The van der Waals surface area contributed by atoms with Crippen LogP contribution in [-0.4, -0.2) is 21.2 Å². The van der Waals surface area contributed by atoms with Crippen LogP contribution in [0.1, 0.15) is 31.9 Å². The number of ether oxygens (including phenoxy) is 1.